The van der Waals surface area contributed by atoms with Crippen molar-refractivity contribution in [3.8, 4) is 0 Å². The van der Waals surface area contributed by atoms with E-state index < -0.39 is 0 Å². The first-order chi connectivity index (χ1) is 8.00. The molecule has 0 saturated heterocycles. The number of amides is 1. The first-order valence-corrected chi connectivity index (χ1v) is 7.06. The molecule has 17 heavy (non-hydrogen) atoms. The van der Waals surface area contributed by atoms with E-state index >= 15 is 0 Å². The van der Waals surface area contributed by atoms with Crippen LogP contribution in [0.4, 0.5) is 0 Å². The van der Waals surface area contributed by atoms with Crippen molar-refractivity contribution in [2.45, 2.75) is 71.4 Å². The minimum absolute atomic E-state index is 0.0248. The summed E-state index contributed by atoms with van der Waals surface area (Å²) in [5.41, 5.74) is 5.88. The third-order valence-corrected chi connectivity index (χ3v) is 3.79. The Hall–Kier alpha value is -0.570. The molecule has 0 aliphatic heterocycles. The molecule has 1 unspecified atom stereocenters. The lowest BCUT2D eigenvalue weighted by molar-refractivity contribution is -0.123. The van der Waals surface area contributed by atoms with Gasteiger partial charge in [0.2, 0.25) is 5.91 Å². The molecule has 1 aliphatic rings. The highest BCUT2D eigenvalue weighted by atomic mass is 16.2. The largest absolute Gasteiger partial charge is 0.352 e. The van der Waals surface area contributed by atoms with Gasteiger partial charge in [-0.3, -0.25) is 4.79 Å². The molecule has 1 fully saturated rings. The molecule has 3 N–H and O–H groups in total. The van der Waals surface area contributed by atoms with Crippen LogP contribution in [0.5, 0.6) is 0 Å². The van der Waals surface area contributed by atoms with Gasteiger partial charge >= 0.3 is 0 Å². The summed E-state index contributed by atoms with van der Waals surface area (Å²) in [5, 5.41) is 3.09. The Morgan fingerprint density at radius 2 is 1.82 bits per heavy atom. The molecule has 0 aromatic rings. The van der Waals surface area contributed by atoms with Gasteiger partial charge in [-0.2, -0.15) is 0 Å². The number of rotatable bonds is 5. The Balaban J connectivity index is 2.33. The molecule has 3 nitrogen and oxygen atoms in total. The number of carbonyl (C=O) groups is 1. The Kier molecular flexibility index (Phi) is 5.96. The molecular weight excluding hydrogens is 212 g/mol. The Morgan fingerprint density at radius 1 is 1.24 bits per heavy atom. The quantitative estimate of drug-likeness (QED) is 0.775. The molecule has 100 valence electrons. The van der Waals surface area contributed by atoms with E-state index in [1.165, 1.54) is 32.1 Å². The van der Waals surface area contributed by atoms with Crippen LogP contribution in [0.2, 0.25) is 0 Å². The molecule has 1 saturated carbocycles. The van der Waals surface area contributed by atoms with E-state index in [-0.39, 0.29) is 18.0 Å². The minimum Gasteiger partial charge on any atom is -0.352 e. The fourth-order valence-corrected chi connectivity index (χ4v) is 2.70. The van der Waals surface area contributed by atoms with Crippen LogP contribution in [0.3, 0.4) is 0 Å². The summed E-state index contributed by atoms with van der Waals surface area (Å²) >= 11 is 0. The fourth-order valence-electron chi connectivity index (χ4n) is 2.70. The van der Waals surface area contributed by atoms with Crippen LogP contribution in [-0.2, 0) is 4.79 Å². The van der Waals surface area contributed by atoms with Crippen LogP contribution in [-0.4, -0.2) is 18.0 Å². The first kappa shape index (κ1) is 14.5. The van der Waals surface area contributed by atoms with E-state index in [0.29, 0.717) is 11.8 Å². The van der Waals surface area contributed by atoms with E-state index in [0.717, 1.165) is 6.42 Å². The Bertz CT molecular complexity index is 234. The normalized spacial score (nSPS) is 21.2. The monoisotopic (exact) mass is 240 g/mol. The van der Waals surface area contributed by atoms with Crippen molar-refractivity contribution in [3.63, 3.8) is 0 Å². The molecule has 0 aromatic heterocycles. The van der Waals surface area contributed by atoms with Gasteiger partial charge in [0.1, 0.15) is 0 Å². The lowest BCUT2D eigenvalue weighted by Gasteiger charge is -2.29. The second kappa shape index (κ2) is 7.00. The summed E-state index contributed by atoms with van der Waals surface area (Å²) in [4.78, 5) is 11.9. The Labute approximate surface area is 106 Å². The van der Waals surface area contributed by atoms with Crippen molar-refractivity contribution in [1.82, 2.24) is 5.32 Å². The second-order valence-corrected chi connectivity index (χ2v) is 5.93. The van der Waals surface area contributed by atoms with Crippen molar-refractivity contribution >= 4 is 5.91 Å². The average Bonchev–Trinajstić information content (AvgIpc) is 2.29. The van der Waals surface area contributed by atoms with E-state index in [9.17, 15) is 4.79 Å². The smallest absolute Gasteiger partial charge is 0.237 e. The van der Waals surface area contributed by atoms with Gasteiger partial charge in [-0.25, -0.2) is 0 Å². The van der Waals surface area contributed by atoms with Gasteiger partial charge in [-0.05, 0) is 38.0 Å². The molecule has 0 heterocycles. The number of nitrogens with one attached hydrogen (secondary N) is 1. The topological polar surface area (TPSA) is 55.1 Å². The standard InChI is InChI=1S/C14H28N2O/c1-10(2)9-13(15)14(17)16-11(3)12-7-5-4-6-8-12/h10-13H,4-9,15H2,1-3H3,(H,16,17)/t11?,13-/m0/s1. The van der Waals surface area contributed by atoms with Gasteiger partial charge in [-0.15, -0.1) is 0 Å². The summed E-state index contributed by atoms with van der Waals surface area (Å²) in [6.45, 7) is 6.31. The average molecular weight is 240 g/mol. The van der Waals surface area contributed by atoms with Gasteiger partial charge in [-0.1, -0.05) is 33.1 Å². The van der Waals surface area contributed by atoms with Crippen LogP contribution >= 0.6 is 0 Å². The van der Waals surface area contributed by atoms with Crippen molar-refractivity contribution in [2.75, 3.05) is 0 Å². The van der Waals surface area contributed by atoms with Crippen LogP contribution in [0.15, 0.2) is 0 Å². The molecule has 1 rings (SSSR count). The summed E-state index contributed by atoms with van der Waals surface area (Å²) in [5.74, 6) is 1.15. The van der Waals surface area contributed by atoms with Crippen LogP contribution in [0, 0.1) is 11.8 Å². The van der Waals surface area contributed by atoms with Crippen LogP contribution in [0.25, 0.3) is 0 Å². The lowest BCUT2D eigenvalue weighted by atomic mass is 9.84. The fraction of sp³-hybridized carbons (Fsp3) is 0.929. The highest BCUT2D eigenvalue weighted by Crippen LogP contribution is 2.26. The van der Waals surface area contributed by atoms with Crippen molar-refractivity contribution in [1.29, 1.82) is 0 Å². The molecule has 1 amide bonds. The molecular formula is C14H28N2O. The number of nitrogens with two attached hydrogens (primary N) is 1. The SMILES string of the molecule is CC(C)C[C@H](N)C(=O)NC(C)C1CCCCC1. The zero-order valence-electron chi connectivity index (χ0n) is 11.5. The van der Waals surface area contributed by atoms with Gasteiger partial charge in [0.15, 0.2) is 0 Å². The Morgan fingerprint density at radius 3 is 2.35 bits per heavy atom. The van der Waals surface area contributed by atoms with Crippen molar-refractivity contribution in [2.24, 2.45) is 17.6 Å². The predicted molar refractivity (Wildman–Crippen MR) is 71.6 cm³/mol. The van der Waals surface area contributed by atoms with Gasteiger partial charge in [0.25, 0.3) is 0 Å². The van der Waals surface area contributed by atoms with E-state index in [2.05, 4.69) is 26.1 Å². The molecule has 2 atom stereocenters. The third-order valence-electron chi connectivity index (χ3n) is 3.79. The summed E-state index contributed by atoms with van der Waals surface area (Å²) in [6.07, 6.45) is 7.24. The van der Waals surface area contributed by atoms with Crippen LogP contribution < -0.4 is 11.1 Å². The zero-order chi connectivity index (χ0) is 12.8. The zero-order valence-corrected chi connectivity index (χ0v) is 11.5. The predicted octanol–water partition coefficient (Wildman–Crippen LogP) is 2.44. The van der Waals surface area contributed by atoms with Crippen molar-refractivity contribution in [3.05, 3.63) is 0 Å². The summed E-state index contributed by atoms with van der Waals surface area (Å²) < 4.78 is 0. The third kappa shape index (κ3) is 5.07. The molecule has 0 radical (unpaired) electrons. The highest BCUT2D eigenvalue weighted by Gasteiger charge is 2.23. The molecule has 1 aliphatic carbocycles. The highest BCUT2D eigenvalue weighted by molar-refractivity contribution is 5.81. The summed E-state index contributed by atoms with van der Waals surface area (Å²) in [6, 6.07) is -0.0675. The van der Waals surface area contributed by atoms with E-state index in [1.54, 1.807) is 0 Å². The summed E-state index contributed by atoms with van der Waals surface area (Å²) in [7, 11) is 0. The van der Waals surface area contributed by atoms with E-state index in [4.69, 9.17) is 5.73 Å². The maximum atomic E-state index is 11.9. The number of hydrogen-bond acceptors (Lipinski definition) is 2. The first-order valence-electron chi connectivity index (χ1n) is 7.06. The number of hydrogen-bond donors (Lipinski definition) is 2. The number of carbonyl (C=O) groups excluding carboxylic acids is 1. The molecule has 0 bridgehead atoms. The van der Waals surface area contributed by atoms with Crippen LogP contribution in [0.1, 0.15) is 59.3 Å². The molecule has 3 heteroatoms. The lowest BCUT2D eigenvalue weighted by Crippen LogP contribution is -2.47. The van der Waals surface area contributed by atoms with Gasteiger partial charge in [0, 0.05) is 6.04 Å². The van der Waals surface area contributed by atoms with Crippen molar-refractivity contribution < 1.29 is 4.79 Å². The molecule has 0 aromatic carbocycles. The van der Waals surface area contributed by atoms with Gasteiger partial charge in [0.05, 0.1) is 6.04 Å². The minimum atomic E-state index is -0.346. The molecule has 0 spiro atoms. The maximum absolute atomic E-state index is 11.9. The second-order valence-electron chi connectivity index (χ2n) is 5.93. The maximum Gasteiger partial charge on any atom is 0.237 e. The van der Waals surface area contributed by atoms with E-state index in [1.807, 2.05) is 0 Å². The van der Waals surface area contributed by atoms with Gasteiger partial charge < -0.3 is 11.1 Å².